The first-order valence-corrected chi connectivity index (χ1v) is 5.40. The van der Waals surface area contributed by atoms with Gasteiger partial charge in [-0.25, -0.2) is 0 Å². The highest BCUT2D eigenvalue weighted by Crippen LogP contribution is 2.10. The molecule has 0 unspecified atom stereocenters. The van der Waals surface area contributed by atoms with Crippen LogP contribution in [0.25, 0.3) is 0 Å². The van der Waals surface area contributed by atoms with Crippen LogP contribution in [0.2, 0.25) is 0 Å². The molecule has 1 aromatic heterocycles. The summed E-state index contributed by atoms with van der Waals surface area (Å²) in [5, 5.41) is 8.65. The molecule has 0 saturated carbocycles. The fraction of sp³-hybridized carbons (Fsp3) is 0.0667. The van der Waals surface area contributed by atoms with E-state index in [0.717, 1.165) is 5.56 Å². The van der Waals surface area contributed by atoms with Crippen molar-refractivity contribution in [1.29, 1.82) is 5.26 Å². The maximum Gasteiger partial charge on any atom is 0.149 e. The van der Waals surface area contributed by atoms with Gasteiger partial charge in [-0.3, -0.25) is 4.98 Å². The Kier molecular flexibility index (Phi) is 3.95. The molecular formula is C15H10N2O. The van der Waals surface area contributed by atoms with Crippen molar-refractivity contribution in [3.8, 4) is 23.7 Å². The van der Waals surface area contributed by atoms with Crippen LogP contribution in [-0.2, 0) is 0 Å². The van der Waals surface area contributed by atoms with Gasteiger partial charge >= 0.3 is 0 Å². The van der Waals surface area contributed by atoms with Crippen molar-refractivity contribution in [3.63, 3.8) is 0 Å². The summed E-state index contributed by atoms with van der Waals surface area (Å²) in [5.41, 5.74) is 1.48. The molecule has 0 aliphatic carbocycles. The van der Waals surface area contributed by atoms with Gasteiger partial charge in [0, 0.05) is 18.0 Å². The Labute approximate surface area is 106 Å². The van der Waals surface area contributed by atoms with Crippen LogP contribution < -0.4 is 4.74 Å². The first kappa shape index (κ1) is 11.7. The summed E-state index contributed by atoms with van der Waals surface area (Å²) in [4.78, 5) is 3.97. The highest BCUT2D eigenvalue weighted by Gasteiger charge is 1.92. The van der Waals surface area contributed by atoms with Gasteiger partial charge < -0.3 is 4.74 Å². The van der Waals surface area contributed by atoms with Gasteiger partial charge in [-0.2, -0.15) is 5.26 Å². The molecule has 0 saturated heterocycles. The van der Waals surface area contributed by atoms with Crippen LogP contribution in [0.1, 0.15) is 11.1 Å². The number of aromatic nitrogens is 1. The first-order chi connectivity index (χ1) is 8.88. The van der Waals surface area contributed by atoms with E-state index in [2.05, 4.69) is 22.9 Å². The molecule has 0 bridgehead atoms. The van der Waals surface area contributed by atoms with Crippen LogP contribution in [0.5, 0.6) is 5.75 Å². The van der Waals surface area contributed by atoms with Crippen LogP contribution in [0.3, 0.4) is 0 Å². The molecule has 0 aliphatic heterocycles. The van der Waals surface area contributed by atoms with Gasteiger partial charge in [-0.15, -0.1) is 0 Å². The lowest BCUT2D eigenvalue weighted by molar-refractivity contribution is 0.370. The zero-order valence-corrected chi connectivity index (χ0v) is 9.63. The fourth-order valence-corrected chi connectivity index (χ4v) is 1.32. The SMILES string of the molecule is N#Cc1ccc(OCC#Cc2cccnc2)cc1. The lowest BCUT2D eigenvalue weighted by Gasteiger charge is -2.00. The molecule has 86 valence electrons. The largest absolute Gasteiger partial charge is 0.481 e. The third-order valence-corrected chi connectivity index (χ3v) is 2.19. The molecule has 0 aliphatic rings. The molecule has 2 aromatic rings. The fourth-order valence-electron chi connectivity index (χ4n) is 1.32. The Morgan fingerprint density at radius 3 is 2.61 bits per heavy atom. The smallest absolute Gasteiger partial charge is 0.149 e. The summed E-state index contributed by atoms with van der Waals surface area (Å²) in [6.07, 6.45) is 3.41. The minimum Gasteiger partial charge on any atom is -0.481 e. The topological polar surface area (TPSA) is 45.9 Å². The van der Waals surface area contributed by atoms with Crippen molar-refractivity contribution in [2.45, 2.75) is 0 Å². The normalized spacial score (nSPS) is 8.83. The zero-order valence-electron chi connectivity index (χ0n) is 9.63. The third kappa shape index (κ3) is 3.37. The van der Waals surface area contributed by atoms with Gasteiger partial charge in [0.2, 0.25) is 0 Å². The number of pyridine rings is 1. The van der Waals surface area contributed by atoms with Crippen molar-refractivity contribution in [1.82, 2.24) is 4.98 Å². The molecule has 1 heterocycles. The molecule has 0 N–H and O–H groups in total. The first-order valence-electron chi connectivity index (χ1n) is 5.40. The third-order valence-electron chi connectivity index (χ3n) is 2.19. The summed E-state index contributed by atoms with van der Waals surface area (Å²) in [7, 11) is 0. The second-order valence-electron chi connectivity index (χ2n) is 3.47. The van der Waals surface area contributed by atoms with Gasteiger partial charge in [0.15, 0.2) is 0 Å². The average molecular weight is 234 g/mol. The highest BCUT2D eigenvalue weighted by atomic mass is 16.5. The number of nitriles is 1. The minimum atomic E-state index is 0.306. The van der Waals surface area contributed by atoms with E-state index in [1.165, 1.54) is 0 Å². The van der Waals surface area contributed by atoms with Gasteiger partial charge in [0.1, 0.15) is 12.4 Å². The average Bonchev–Trinajstić information content (AvgIpc) is 2.45. The lowest BCUT2D eigenvalue weighted by atomic mass is 10.2. The summed E-state index contributed by atoms with van der Waals surface area (Å²) in [5.74, 6) is 6.55. The summed E-state index contributed by atoms with van der Waals surface area (Å²) >= 11 is 0. The van der Waals surface area contributed by atoms with E-state index < -0.39 is 0 Å². The Balaban J connectivity index is 1.89. The molecule has 1 aromatic carbocycles. The molecular weight excluding hydrogens is 224 g/mol. The molecule has 3 nitrogen and oxygen atoms in total. The van der Waals surface area contributed by atoms with Gasteiger partial charge in [-0.1, -0.05) is 11.8 Å². The van der Waals surface area contributed by atoms with Crippen molar-refractivity contribution in [3.05, 3.63) is 59.9 Å². The molecule has 0 amide bonds. The van der Waals surface area contributed by atoms with E-state index in [0.29, 0.717) is 17.9 Å². The molecule has 0 radical (unpaired) electrons. The Bertz CT molecular complexity index is 601. The zero-order chi connectivity index (χ0) is 12.6. The predicted molar refractivity (Wildman–Crippen MR) is 67.8 cm³/mol. The predicted octanol–water partition coefficient (Wildman–Crippen LogP) is 2.38. The Hall–Kier alpha value is -2.78. The molecule has 18 heavy (non-hydrogen) atoms. The summed E-state index contributed by atoms with van der Waals surface area (Å²) in [6.45, 7) is 0.306. The molecule has 3 heteroatoms. The van der Waals surface area contributed by atoms with Crippen LogP contribution in [0.4, 0.5) is 0 Å². The molecule has 2 rings (SSSR count). The van der Waals surface area contributed by atoms with Gasteiger partial charge in [0.25, 0.3) is 0 Å². The number of hydrogen-bond acceptors (Lipinski definition) is 3. The van der Waals surface area contributed by atoms with Crippen molar-refractivity contribution < 1.29 is 4.74 Å². The highest BCUT2D eigenvalue weighted by molar-refractivity contribution is 5.35. The van der Waals surface area contributed by atoms with Crippen LogP contribution in [-0.4, -0.2) is 11.6 Å². The quantitative estimate of drug-likeness (QED) is 0.749. The van der Waals surface area contributed by atoms with Crippen LogP contribution in [0, 0.1) is 23.2 Å². The number of rotatable bonds is 2. The minimum absolute atomic E-state index is 0.306. The summed E-state index contributed by atoms with van der Waals surface area (Å²) < 4.78 is 5.42. The maximum absolute atomic E-state index is 8.65. The van der Waals surface area contributed by atoms with E-state index >= 15 is 0 Å². The van der Waals surface area contributed by atoms with Crippen molar-refractivity contribution in [2.75, 3.05) is 6.61 Å². The molecule has 0 fully saturated rings. The maximum atomic E-state index is 8.65. The second kappa shape index (κ2) is 6.08. The van der Waals surface area contributed by atoms with Crippen LogP contribution >= 0.6 is 0 Å². The van der Waals surface area contributed by atoms with E-state index in [1.54, 1.807) is 36.7 Å². The van der Waals surface area contributed by atoms with Crippen molar-refractivity contribution in [2.24, 2.45) is 0 Å². The van der Waals surface area contributed by atoms with E-state index in [1.807, 2.05) is 12.1 Å². The monoisotopic (exact) mass is 234 g/mol. The van der Waals surface area contributed by atoms with Gasteiger partial charge in [-0.05, 0) is 36.4 Å². The van der Waals surface area contributed by atoms with Crippen molar-refractivity contribution >= 4 is 0 Å². The molecule has 0 atom stereocenters. The number of benzene rings is 1. The van der Waals surface area contributed by atoms with Crippen LogP contribution in [0.15, 0.2) is 48.8 Å². The van der Waals surface area contributed by atoms with E-state index in [4.69, 9.17) is 10.00 Å². The Morgan fingerprint density at radius 1 is 1.11 bits per heavy atom. The molecule has 0 spiro atoms. The standard InChI is InChI=1S/C15H10N2O/c16-11-13-5-7-15(8-6-13)18-10-2-4-14-3-1-9-17-12-14/h1,3,5-9,12H,10H2. The number of hydrogen-bond donors (Lipinski definition) is 0. The Morgan fingerprint density at radius 2 is 1.94 bits per heavy atom. The summed E-state index contributed by atoms with van der Waals surface area (Å²) in [6, 6.07) is 12.7. The van der Waals surface area contributed by atoms with E-state index in [9.17, 15) is 0 Å². The lowest BCUT2D eigenvalue weighted by Crippen LogP contribution is -1.93. The van der Waals surface area contributed by atoms with E-state index in [-0.39, 0.29) is 0 Å². The number of ether oxygens (including phenoxy) is 1. The van der Waals surface area contributed by atoms with Gasteiger partial charge in [0.05, 0.1) is 11.6 Å². The number of nitrogens with zero attached hydrogens (tertiary/aromatic N) is 2. The second-order valence-corrected chi connectivity index (χ2v) is 3.47.